The summed E-state index contributed by atoms with van der Waals surface area (Å²) < 4.78 is 48.5. The fourth-order valence-electron chi connectivity index (χ4n) is 2.83. The summed E-state index contributed by atoms with van der Waals surface area (Å²) in [5.74, 6) is 1.12. The molecule has 2 N–H and O–H groups in total. The number of hydrogen-bond acceptors (Lipinski definition) is 9. The predicted molar refractivity (Wildman–Crippen MR) is 113 cm³/mol. The normalized spacial score (nSPS) is 11.1. The van der Waals surface area contributed by atoms with Gasteiger partial charge in [0.1, 0.15) is 5.75 Å². The number of hydrogen-bond donors (Lipinski definition) is 2. The highest BCUT2D eigenvalue weighted by molar-refractivity contribution is 7.89. The Hall–Kier alpha value is -3.64. The third-order valence-corrected chi connectivity index (χ3v) is 5.88. The van der Waals surface area contributed by atoms with Gasteiger partial charge in [0.25, 0.3) is 5.91 Å². The molecule has 1 heterocycles. The molecule has 0 radical (unpaired) electrons. The number of carbonyl (C=O) groups excluding carboxylic acids is 1. The van der Waals surface area contributed by atoms with Crippen molar-refractivity contribution in [3.63, 3.8) is 0 Å². The van der Waals surface area contributed by atoms with E-state index in [-0.39, 0.29) is 34.5 Å². The molecular formula is C20H22N4O7S. The van der Waals surface area contributed by atoms with Gasteiger partial charge in [0.2, 0.25) is 21.7 Å². The van der Waals surface area contributed by atoms with E-state index in [1.54, 1.807) is 18.2 Å². The van der Waals surface area contributed by atoms with Crippen molar-refractivity contribution in [3.05, 3.63) is 47.9 Å². The molecule has 3 rings (SSSR count). The summed E-state index contributed by atoms with van der Waals surface area (Å²) in [5, 5.41) is 6.32. The van der Waals surface area contributed by atoms with Crippen molar-refractivity contribution in [2.75, 3.05) is 28.4 Å². The lowest BCUT2D eigenvalue weighted by molar-refractivity contribution is 0.0960. The van der Waals surface area contributed by atoms with Crippen LogP contribution < -0.4 is 24.2 Å². The van der Waals surface area contributed by atoms with Crippen LogP contribution in [0, 0.1) is 0 Å². The minimum Gasteiger partial charge on any atom is -0.496 e. The Morgan fingerprint density at radius 3 is 2.34 bits per heavy atom. The van der Waals surface area contributed by atoms with Crippen LogP contribution in [0.15, 0.2) is 45.8 Å². The van der Waals surface area contributed by atoms with Crippen LogP contribution in [0.25, 0.3) is 11.4 Å². The van der Waals surface area contributed by atoms with E-state index in [1.165, 1.54) is 46.6 Å². The van der Waals surface area contributed by atoms with Gasteiger partial charge in [-0.3, -0.25) is 4.79 Å². The molecular weight excluding hydrogens is 440 g/mol. The molecule has 0 unspecified atom stereocenters. The van der Waals surface area contributed by atoms with Crippen molar-refractivity contribution in [1.82, 2.24) is 20.2 Å². The highest BCUT2D eigenvalue weighted by Crippen LogP contribution is 2.31. The topological polar surface area (TPSA) is 142 Å². The molecule has 0 saturated carbocycles. The van der Waals surface area contributed by atoms with Gasteiger partial charge in [0.05, 0.1) is 38.3 Å². The van der Waals surface area contributed by atoms with Crippen molar-refractivity contribution in [1.29, 1.82) is 0 Å². The van der Waals surface area contributed by atoms with Gasteiger partial charge in [-0.15, -0.1) is 0 Å². The summed E-state index contributed by atoms with van der Waals surface area (Å²) >= 11 is 0. The fraction of sp³-hybridized carbons (Fsp3) is 0.250. The van der Waals surface area contributed by atoms with Crippen LogP contribution in [0.5, 0.6) is 17.2 Å². The number of nitrogens with zero attached hydrogens (tertiary/aromatic N) is 2. The van der Waals surface area contributed by atoms with Crippen LogP contribution in [0.3, 0.4) is 0 Å². The molecule has 0 fully saturated rings. The molecule has 0 aliphatic heterocycles. The molecule has 0 bridgehead atoms. The minimum absolute atomic E-state index is 0.0541. The van der Waals surface area contributed by atoms with E-state index in [2.05, 4.69) is 20.2 Å². The fourth-order valence-corrected chi connectivity index (χ4v) is 3.83. The summed E-state index contributed by atoms with van der Waals surface area (Å²) in [7, 11) is 1.88. The Morgan fingerprint density at radius 2 is 1.69 bits per heavy atom. The van der Waals surface area contributed by atoms with E-state index >= 15 is 0 Å². The van der Waals surface area contributed by atoms with Crippen molar-refractivity contribution in [3.8, 4) is 28.6 Å². The van der Waals surface area contributed by atoms with Crippen LogP contribution >= 0.6 is 0 Å². The Balaban J connectivity index is 1.78. The van der Waals surface area contributed by atoms with Crippen LogP contribution in [0.4, 0.5) is 0 Å². The van der Waals surface area contributed by atoms with E-state index in [0.717, 1.165) is 0 Å². The molecule has 1 amide bonds. The monoisotopic (exact) mass is 462 g/mol. The number of nitrogens with one attached hydrogen (secondary N) is 2. The van der Waals surface area contributed by atoms with Crippen molar-refractivity contribution in [2.24, 2.45) is 0 Å². The first-order valence-corrected chi connectivity index (χ1v) is 10.8. The van der Waals surface area contributed by atoms with E-state index in [1.807, 2.05) is 0 Å². The maximum atomic E-state index is 12.7. The molecule has 0 saturated heterocycles. The molecule has 0 spiro atoms. The summed E-state index contributed by atoms with van der Waals surface area (Å²) in [6, 6.07) is 9.05. The van der Waals surface area contributed by atoms with Gasteiger partial charge in [0.15, 0.2) is 11.5 Å². The zero-order chi connectivity index (χ0) is 23.3. The third-order valence-electron chi connectivity index (χ3n) is 4.48. The number of benzene rings is 2. The number of aromatic nitrogens is 2. The van der Waals surface area contributed by atoms with Crippen molar-refractivity contribution >= 4 is 15.9 Å². The molecule has 12 heteroatoms. The number of carbonyl (C=O) groups is 1. The van der Waals surface area contributed by atoms with Gasteiger partial charge in [-0.1, -0.05) is 5.16 Å². The maximum Gasteiger partial charge on any atom is 0.254 e. The van der Waals surface area contributed by atoms with Gasteiger partial charge in [0, 0.05) is 12.6 Å². The lowest BCUT2D eigenvalue weighted by Crippen LogP contribution is -2.24. The first kappa shape index (κ1) is 23.0. The average Bonchev–Trinajstić information content (AvgIpc) is 3.30. The minimum atomic E-state index is -3.97. The molecule has 0 aliphatic rings. The average molecular weight is 462 g/mol. The van der Waals surface area contributed by atoms with Gasteiger partial charge in [-0.2, -0.15) is 4.98 Å². The van der Waals surface area contributed by atoms with Gasteiger partial charge in [-0.05, 0) is 36.4 Å². The zero-order valence-corrected chi connectivity index (χ0v) is 18.6. The Bertz CT molecular complexity index is 1220. The number of ether oxygens (including phenoxy) is 3. The summed E-state index contributed by atoms with van der Waals surface area (Å²) in [6.45, 7) is -0.246. The van der Waals surface area contributed by atoms with E-state index in [4.69, 9.17) is 18.7 Å². The van der Waals surface area contributed by atoms with Crippen molar-refractivity contribution < 1.29 is 31.9 Å². The second-order valence-corrected chi connectivity index (χ2v) is 8.11. The maximum absolute atomic E-state index is 12.7. The third kappa shape index (κ3) is 4.81. The summed E-state index contributed by atoms with van der Waals surface area (Å²) in [5.41, 5.74) is 0.692. The number of rotatable bonds is 9. The zero-order valence-electron chi connectivity index (χ0n) is 17.8. The van der Waals surface area contributed by atoms with Crippen LogP contribution in [-0.4, -0.2) is 52.8 Å². The van der Waals surface area contributed by atoms with Gasteiger partial charge < -0.3 is 24.1 Å². The molecule has 32 heavy (non-hydrogen) atoms. The lowest BCUT2D eigenvalue weighted by Gasteiger charge is -2.10. The Morgan fingerprint density at radius 1 is 1.00 bits per heavy atom. The van der Waals surface area contributed by atoms with Gasteiger partial charge in [-0.25, -0.2) is 13.1 Å². The van der Waals surface area contributed by atoms with Crippen LogP contribution in [0.2, 0.25) is 0 Å². The number of amides is 1. The molecule has 0 atom stereocenters. The first-order chi connectivity index (χ1) is 15.3. The molecule has 1 aromatic heterocycles. The molecule has 2 aromatic carbocycles. The largest absolute Gasteiger partial charge is 0.496 e. The molecule has 11 nitrogen and oxygen atoms in total. The van der Waals surface area contributed by atoms with Crippen LogP contribution in [-0.2, 0) is 16.6 Å². The summed E-state index contributed by atoms with van der Waals surface area (Å²) in [4.78, 5) is 16.1. The Labute approximate surface area is 184 Å². The second-order valence-electron chi connectivity index (χ2n) is 6.35. The predicted octanol–water partition coefficient (Wildman–Crippen LogP) is 1.60. The molecule has 170 valence electrons. The van der Waals surface area contributed by atoms with Gasteiger partial charge >= 0.3 is 0 Å². The quantitative estimate of drug-likeness (QED) is 0.485. The summed E-state index contributed by atoms with van der Waals surface area (Å²) in [6.07, 6.45) is 0. The van der Waals surface area contributed by atoms with Crippen molar-refractivity contribution in [2.45, 2.75) is 11.4 Å². The Kier molecular flexibility index (Phi) is 6.95. The van der Waals surface area contributed by atoms with Crippen LogP contribution in [0.1, 0.15) is 16.2 Å². The van der Waals surface area contributed by atoms with E-state index < -0.39 is 15.9 Å². The SMILES string of the molecule is CNC(=O)c1cc(S(=O)(=O)NCc2nc(-c3ccc(OC)c(OC)c3)no2)ccc1OC. The smallest absolute Gasteiger partial charge is 0.254 e. The molecule has 3 aromatic rings. The number of methoxy groups -OCH3 is 3. The first-order valence-electron chi connectivity index (χ1n) is 9.27. The second kappa shape index (κ2) is 9.66. The van der Waals surface area contributed by atoms with E-state index in [0.29, 0.717) is 17.1 Å². The lowest BCUT2D eigenvalue weighted by atomic mass is 10.2. The molecule has 0 aliphatic carbocycles. The highest BCUT2D eigenvalue weighted by atomic mass is 32.2. The standard InChI is InChI=1S/C20H22N4O7S/c1-21-20(25)14-10-13(6-8-15(14)28-2)32(26,27)22-11-18-23-19(24-31-18)12-5-7-16(29-3)17(9-12)30-4/h5-10,22H,11H2,1-4H3,(H,21,25). The van der Waals surface area contributed by atoms with E-state index in [9.17, 15) is 13.2 Å². The highest BCUT2D eigenvalue weighted by Gasteiger charge is 2.21. The number of sulfonamides is 1.